The molecule has 0 spiro atoms. The summed E-state index contributed by atoms with van der Waals surface area (Å²) in [5, 5.41) is 0. The molecule has 0 radical (unpaired) electrons. The molecule has 2 aromatic rings. The molecule has 0 amide bonds. The van der Waals surface area contributed by atoms with E-state index in [4.69, 9.17) is 5.73 Å². The van der Waals surface area contributed by atoms with Crippen LogP contribution in [0.5, 0.6) is 0 Å². The van der Waals surface area contributed by atoms with Crippen LogP contribution in [0.2, 0.25) is 0 Å². The lowest BCUT2D eigenvalue weighted by Crippen LogP contribution is -2.04. The first-order valence-electron chi connectivity index (χ1n) is 6.67. The molecule has 2 aliphatic rings. The van der Waals surface area contributed by atoms with E-state index in [1.54, 1.807) is 12.3 Å². The maximum absolute atomic E-state index is 13.8. The van der Waals surface area contributed by atoms with E-state index in [0.717, 1.165) is 35.2 Å². The van der Waals surface area contributed by atoms with E-state index in [0.29, 0.717) is 11.7 Å². The van der Waals surface area contributed by atoms with Crippen LogP contribution in [0.25, 0.3) is 0 Å². The van der Waals surface area contributed by atoms with Crippen LogP contribution < -0.4 is 5.73 Å². The van der Waals surface area contributed by atoms with Gasteiger partial charge < -0.3 is 5.73 Å². The Hall–Kier alpha value is -2.30. The van der Waals surface area contributed by atoms with Crippen LogP contribution in [0.3, 0.4) is 0 Å². The Morgan fingerprint density at radius 1 is 1.20 bits per heavy atom. The number of halogens is 1. The van der Waals surface area contributed by atoms with Crippen molar-refractivity contribution in [1.82, 2.24) is 9.97 Å². The SMILES string of the molecule is Nc1ncnc2c1C=NC2c1ccc(F)c(C2CC2)c1. The van der Waals surface area contributed by atoms with Gasteiger partial charge in [0.1, 0.15) is 24.0 Å². The highest BCUT2D eigenvalue weighted by Crippen LogP contribution is 2.43. The number of benzene rings is 1. The van der Waals surface area contributed by atoms with Crippen molar-refractivity contribution >= 4 is 12.0 Å². The zero-order valence-electron chi connectivity index (χ0n) is 10.8. The molecule has 1 aromatic carbocycles. The summed E-state index contributed by atoms with van der Waals surface area (Å²) in [5.41, 5.74) is 9.15. The van der Waals surface area contributed by atoms with Gasteiger partial charge in [-0.3, -0.25) is 4.99 Å². The van der Waals surface area contributed by atoms with E-state index in [1.807, 2.05) is 6.07 Å². The third-order valence-corrected chi connectivity index (χ3v) is 3.91. The van der Waals surface area contributed by atoms with Crippen molar-refractivity contribution in [3.63, 3.8) is 0 Å². The quantitative estimate of drug-likeness (QED) is 0.910. The number of nitrogens with zero attached hydrogens (tertiary/aromatic N) is 3. The fourth-order valence-corrected chi connectivity index (χ4v) is 2.68. The van der Waals surface area contributed by atoms with Gasteiger partial charge in [-0.15, -0.1) is 0 Å². The highest BCUT2D eigenvalue weighted by Gasteiger charge is 2.29. The highest BCUT2D eigenvalue weighted by atomic mass is 19.1. The van der Waals surface area contributed by atoms with Crippen molar-refractivity contribution in [2.45, 2.75) is 24.8 Å². The third-order valence-electron chi connectivity index (χ3n) is 3.91. The summed E-state index contributed by atoms with van der Waals surface area (Å²) < 4.78 is 13.8. The van der Waals surface area contributed by atoms with E-state index in [2.05, 4.69) is 15.0 Å². The Morgan fingerprint density at radius 3 is 2.85 bits per heavy atom. The van der Waals surface area contributed by atoms with Gasteiger partial charge in [0, 0.05) is 6.21 Å². The molecule has 1 unspecified atom stereocenters. The topological polar surface area (TPSA) is 64.2 Å². The average molecular weight is 268 g/mol. The lowest BCUT2D eigenvalue weighted by atomic mass is 9.99. The van der Waals surface area contributed by atoms with Crippen LogP contribution in [0.1, 0.15) is 47.2 Å². The molecule has 1 aliphatic carbocycles. The first-order valence-corrected chi connectivity index (χ1v) is 6.67. The van der Waals surface area contributed by atoms with Crippen LogP contribution in [0.4, 0.5) is 10.2 Å². The fourth-order valence-electron chi connectivity index (χ4n) is 2.68. The van der Waals surface area contributed by atoms with Crippen LogP contribution in [0, 0.1) is 5.82 Å². The molecule has 1 aromatic heterocycles. The smallest absolute Gasteiger partial charge is 0.136 e. The molecule has 100 valence electrons. The van der Waals surface area contributed by atoms with Crippen molar-refractivity contribution in [3.8, 4) is 0 Å². The van der Waals surface area contributed by atoms with Gasteiger partial charge in [0.15, 0.2) is 0 Å². The summed E-state index contributed by atoms with van der Waals surface area (Å²) in [6.45, 7) is 0. The van der Waals surface area contributed by atoms with Crippen molar-refractivity contribution in [2.75, 3.05) is 5.73 Å². The minimum atomic E-state index is -0.201. The normalized spacial score (nSPS) is 20.1. The van der Waals surface area contributed by atoms with Gasteiger partial charge in [0.25, 0.3) is 0 Å². The van der Waals surface area contributed by atoms with Crippen molar-refractivity contribution in [2.24, 2.45) is 4.99 Å². The van der Waals surface area contributed by atoms with Crippen LogP contribution in [-0.4, -0.2) is 16.2 Å². The van der Waals surface area contributed by atoms with Gasteiger partial charge in [0.2, 0.25) is 0 Å². The number of anilines is 1. The highest BCUT2D eigenvalue weighted by molar-refractivity contribution is 5.90. The second-order valence-corrected chi connectivity index (χ2v) is 5.29. The number of hydrogen-bond donors (Lipinski definition) is 1. The predicted molar refractivity (Wildman–Crippen MR) is 74.3 cm³/mol. The molecular formula is C15H13FN4. The van der Waals surface area contributed by atoms with Gasteiger partial charge in [-0.1, -0.05) is 12.1 Å². The molecule has 4 nitrogen and oxygen atoms in total. The lowest BCUT2D eigenvalue weighted by molar-refractivity contribution is 0.609. The predicted octanol–water partition coefficient (Wildman–Crippen LogP) is 2.60. The minimum absolute atomic E-state index is 0.124. The van der Waals surface area contributed by atoms with Gasteiger partial charge in [-0.25, -0.2) is 14.4 Å². The molecule has 5 heteroatoms. The Kier molecular flexibility index (Phi) is 2.36. The standard InChI is InChI=1S/C15H13FN4/c16-12-4-3-9(5-10(12)8-1-2-8)13-14-11(6-18-13)15(17)20-7-19-14/h3-8,13H,1-2H2,(H2,17,19,20). The second-order valence-electron chi connectivity index (χ2n) is 5.29. The molecule has 1 fully saturated rings. The van der Waals surface area contributed by atoms with Crippen molar-refractivity contribution in [3.05, 3.63) is 52.7 Å². The third kappa shape index (κ3) is 1.70. The number of rotatable bonds is 2. The largest absolute Gasteiger partial charge is 0.383 e. The molecule has 1 aliphatic heterocycles. The maximum Gasteiger partial charge on any atom is 0.136 e. The number of nitrogen functional groups attached to an aromatic ring is 1. The minimum Gasteiger partial charge on any atom is -0.383 e. The number of aromatic nitrogens is 2. The van der Waals surface area contributed by atoms with Crippen LogP contribution >= 0.6 is 0 Å². The van der Waals surface area contributed by atoms with Gasteiger partial charge >= 0.3 is 0 Å². The van der Waals surface area contributed by atoms with Gasteiger partial charge in [-0.2, -0.15) is 0 Å². The monoisotopic (exact) mass is 268 g/mol. The number of hydrogen-bond acceptors (Lipinski definition) is 4. The summed E-state index contributed by atoms with van der Waals surface area (Å²) in [7, 11) is 0. The summed E-state index contributed by atoms with van der Waals surface area (Å²) in [6, 6.07) is 5.02. The van der Waals surface area contributed by atoms with E-state index in [1.165, 1.54) is 12.4 Å². The summed E-state index contributed by atoms with van der Waals surface area (Å²) in [6.07, 6.45) is 5.29. The molecule has 0 saturated heterocycles. The number of fused-ring (bicyclic) bond motifs is 1. The Morgan fingerprint density at radius 2 is 2.05 bits per heavy atom. The Labute approximate surface area is 115 Å². The Balaban J connectivity index is 1.79. The van der Waals surface area contributed by atoms with E-state index in [-0.39, 0.29) is 11.9 Å². The summed E-state index contributed by atoms with van der Waals surface area (Å²) in [4.78, 5) is 12.7. The zero-order chi connectivity index (χ0) is 13.7. The first-order chi connectivity index (χ1) is 9.74. The van der Waals surface area contributed by atoms with E-state index >= 15 is 0 Å². The molecule has 1 atom stereocenters. The summed E-state index contributed by atoms with van der Waals surface area (Å²) in [5.74, 6) is 0.682. The number of aliphatic imine (C=N–C) groups is 1. The van der Waals surface area contributed by atoms with Gasteiger partial charge in [-0.05, 0) is 36.0 Å². The molecule has 4 rings (SSSR count). The van der Waals surface area contributed by atoms with Crippen molar-refractivity contribution < 1.29 is 4.39 Å². The van der Waals surface area contributed by atoms with Gasteiger partial charge in [0.05, 0.1) is 11.3 Å². The molecule has 1 saturated carbocycles. The van der Waals surface area contributed by atoms with E-state index in [9.17, 15) is 4.39 Å². The Bertz CT molecular complexity index is 722. The van der Waals surface area contributed by atoms with Crippen molar-refractivity contribution in [1.29, 1.82) is 0 Å². The summed E-state index contributed by atoms with van der Waals surface area (Å²) >= 11 is 0. The molecule has 0 bridgehead atoms. The maximum atomic E-state index is 13.8. The number of nitrogens with two attached hydrogens (primary N) is 1. The molecule has 20 heavy (non-hydrogen) atoms. The molecule has 2 heterocycles. The molecule has 2 N–H and O–H groups in total. The molecular weight excluding hydrogens is 255 g/mol. The first kappa shape index (κ1) is 11.5. The zero-order valence-corrected chi connectivity index (χ0v) is 10.8. The van der Waals surface area contributed by atoms with Crippen LogP contribution in [-0.2, 0) is 0 Å². The average Bonchev–Trinajstić information content (AvgIpc) is 3.19. The van der Waals surface area contributed by atoms with E-state index < -0.39 is 0 Å². The fraction of sp³-hybridized carbons (Fsp3) is 0.267. The van der Waals surface area contributed by atoms with Crippen LogP contribution in [0.15, 0.2) is 29.5 Å². The lowest BCUT2D eigenvalue weighted by Gasteiger charge is -2.11. The second kappa shape index (κ2) is 4.10.